The molecule has 3 heterocycles. The van der Waals surface area contributed by atoms with Crippen LogP contribution in [0, 0.1) is 0 Å². The summed E-state index contributed by atoms with van der Waals surface area (Å²) in [7, 11) is 3.08. The first-order valence-corrected chi connectivity index (χ1v) is 11.0. The fourth-order valence-corrected chi connectivity index (χ4v) is 3.80. The van der Waals surface area contributed by atoms with Crippen molar-refractivity contribution < 1.29 is 17.9 Å². The SMILES string of the molecule is COc1cnc(-c2cncnc2C2CC2)nc1NCc1ccc(-c2nc(C(F)(F)F)cn2C)cc1. The van der Waals surface area contributed by atoms with Gasteiger partial charge in [0.25, 0.3) is 0 Å². The van der Waals surface area contributed by atoms with Gasteiger partial charge in [-0.1, -0.05) is 24.3 Å². The number of methoxy groups -OCH3 is 1. The summed E-state index contributed by atoms with van der Waals surface area (Å²) < 4.78 is 45.7. The van der Waals surface area contributed by atoms with Crippen LogP contribution in [-0.4, -0.2) is 36.6 Å². The second kappa shape index (κ2) is 8.97. The highest BCUT2D eigenvalue weighted by Gasteiger charge is 2.34. The minimum absolute atomic E-state index is 0.246. The Balaban J connectivity index is 1.34. The number of alkyl halides is 3. The zero-order valence-electron chi connectivity index (χ0n) is 19.0. The Kier molecular flexibility index (Phi) is 5.83. The van der Waals surface area contributed by atoms with E-state index >= 15 is 0 Å². The zero-order valence-corrected chi connectivity index (χ0v) is 19.0. The van der Waals surface area contributed by atoms with Crippen LogP contribution >= 0.6 is 0 Å². The second-order valence-electron chi connectivity index (χ2n) is 8.32. The molecule has 3 aromatic heterocycles. The van der Waals surface area contributed by atoms with Gasteiger partial charge in [-0.3, -0.25) is 0 Å². The lowest BCUT2D eigenvalue weighted by atomic mass is 10.1. The van der Waals surface area contributed by atoms with Crippen LogP contribution in [0.2, 0.25) is 0 Å². The lowest BCUT2D eigenvalue weighted by molar-refractivity contribution is -0.140. The van der Waals surface area contributed by atoms with Gasteiger partial charge in [0.1, 0.15) is 12.2 Å². The molecule has 0 amide bonds. The summed E-state index contributed by atoms with van der Waals surface area (Å²) in [5, 5.41) is 3.26. The molecule has 35 heavy (non-hydrogen) atoms. The number of rotatable bonds is 7. The fraction of sp³-hybridized carbons (Fsp3) is 0.292. The van der Waals surface area contributed by atoms with Crippen LogP contribution in [0.15, 0.2) is 49.2 Å². The molecule has 0 saturated heterocycles. The van der Waals surface area contributed by atoms with E-state index in [2.05, 4.69) is 30.2 Å². The lowest BCUT2D eigenvalue weighted by Crippen LogP contribution is -2.06. The van der Waals surface area contributed by atoms with E-state index in [0.717, 1.165) is 35.9 Å². The number of nitrogens with one attached hydrogen (secondary N) is 1. The van der Waals surface area contributed by atoms with Crippen molar-refractivity contribution in [2.75, 3.05) is 12.4 Å². The van der Waals surface area contributed by atoms with Gasteiger partial charge in [-0.05, 0) is 18.4 Å². The summed E-state index contributed by atoms with van der Waals surface area (Å²) in [6.07, 6.45) is 3.56. The fourth-order valence-electron chi connectivity index (χ4n) is 3.80. The zero-order chi connectivity index (χ0) is 24.6. The maximum Gasteiger partial charge on any atom is 0.434 e. The summed E-state index contributed by atoms with van der Waals surface area (Å²) in [6, 6.07) is 7.14. The number of ether oxygens (including phenoxy) is 1. The summed E-state index contributed by atoms with van der Waals surface area (Å²) in [4.78, 5) is 21.4. The third-order valence-electron chi connectivity index (χ3n) is 5.76. The predicted octanol–water partition coefficient (Wildman–Crippen LogP) is 4.85. The molecule has 4 aromatic rings. The third-order valence-corrected chi connectivity index (χ3v) is 5.76. The molecule has 0 atom stereocenters. The van der Waals surface area contributed by atoms with Gasteiger partial charge in [-0.2, -0.15) is 13.2 Å². The number of hydrogen-bond acceptors (Lipinski definition) is 7. The Labute approximate surface area is 199 Å². The van der Waals surface area contributed by atoms with Crippen molar-refractivity contribution >= 4 is 5.82 Å². The minimum atomic E-state index is -4.49. The molecular weight excluding hydrogens is 459 g/mol. The van der Waals surface area contributed by atoms with Gasteiger partial charge in [0.2, 0.25) is 0 Å². The van der Waals surface area contributed by atoms with Crippen LogP contribution < -0.4 is 10.1 Å². The van der Waals surface area contributed by atoms with E-state index in [9.17, 15) is 13.2 Å². The molecule has 1 fully saturated rings. The Morgan fingerprint density at radius 2 is 1.86 bits per heavy atom. The molecule has 8 nitrogen and oxygen atoms in total. The first kappa shape index (κ1) is 22.8. The number of hydrogen-bond donors (Lipinski definition) is 1. The van der Waals surface area contributed by atoms with Crippen molar-refractivity contribution in [3.05, 3.63) is 66.1 Å². The summed E-state index contributed by atoms with van der Waals surface area (Å²) in [5.74, 6) is 2.19. The molecule has 1 aliphatic carbocycles. The molecule has 5 rings (SSSR count). The Hall–Kier alpha value is -4.02. The van der Waals surface area contributed by atoms with Gasteiger partial charge in [-0.15, -0.1) is 0 Å². The molecule has 180 valence electrons. The molecule has 0 radical (unpaired) electrons. The number of imidazole rings is 1. The normalized spacial score (nSPS) is 13.6. The molecule has 0 spiro atoms. The van der Waals surface area contributed by atoms with Gasteiger partial charge in [0.15, 0.2) is 23.1 Å². The number of aromatic nitrogens is 6. The standard InChI is InChI=1S/C24H22F3N7O/c1-34-12-19(24(25,26)27)32-23(34)16-5-3-14(4-6-16)9-29-22-18(35-2)11-30-21(33-22)17-10-28-13-31-20(17)15-7-8-15/h3-6,10-13,15H,7-9H2,1-2H3,(H,29,30,33). The molecule has 0 unspecified atom stereocenters. The van der Waals surface area contributed by atoms with Crippen molar-refractivity contribution in [3.8, 4) is 28.5 Å². The smallest absolute Gasteiger partial charge is 0.434 e. The summed E-state index contributed by atoms with van der Waals surface area (Å²) in [6.45, 7) is 0.419. The topological polar surface area (TPSA) is 90.6 Å². The van der Waals surface area contributed by atoms with E-state index in [1.807, 2.05) is 12.1 Å². The van der Waals surface area contributed by atoms with Gasteiger partial charge >= 0.3 is 6.18 Å². The van der Waals surface area contributed by atoms with E-state index < -0.39 is 11.9 Å². The van der Waals surface area contributed by atoms with E-state index in [4.69, 9.17) is 4.74 Å². The average molecular weight is 481 g/mol. The monoisotopic (exact) mass is 481 g/mol. The lowest BCUT2D eigenvalue weighted by Gasteiger charge is -2.13. The third kappa shape index (κ3) is 4.79. The van der Waals surface area contributed by atoms with Crippen molar-refractivity contribution in [2.45, 2.75) is 31.5 Å². The van der Waals surface area contributed by atoms with Crippen molar-refractivity contribution in [2.24, 2.45) is 7.05 Å². The minimum Gasteiger partial charge on any atom is -0.491 e. The molecule has 1 aromatic carbocycles. The molecule has 1 N–H and O–H groups in total. The number of nitrogens with zero attached hydrogens (tertiary/aromatic N) is 6. The second-order valence-corrected chi connectivity index (χ2v) is 8.32. The Morgan fingerprint density at radius 3 is 2.51 bits per heavy atom. The number of benzene rings is 1. The molecular formula is C24H22F3N7O. The maximum atomic E-state index is 13.0. The molecule has 1 saturated carbocycles. The molecule has 0 bridgehead atoms. The average Bonchev–Trinajstić information content (AvgIpc) is 3.63. The van der Waals surface area contributed by atoms with E-state index in [1.165, 1.54) is 4.57 Å². The number of halogens is 3. The van der Waals surface area contributed by atoms with Crippen LogP contribution in [0.25, 0.3) is 22.8 Å². The predicted molar refractivity (Wildman–Crippen MR) is 123 cm³/mol. The van der Waals surface area contributed by atoms with Gasteiger partial charge < -0.3 is 14.6 Å². The van der Waals surface area contributed by atoms with Gasteiger partial charge in [0, 0.05) is 37.5 Å². The largest absolute Gasteiger partial charge is 0.491 e. The van der Waals surface area contributed by atoms with Crippen molar-refractivity contribution in [1.82, 2.24) is 29.5 Å². The maximum absolute atomic E-state index is 13.0. The van der Waals surface area contributed by atoms with E-state index in [-0.39, 0.29) is 5.82 Å². The van der Waals surface area contributed by atoms with Crippen LogP contribution in [0.1, 0.15) is 35.7 Å². The van der Waals surface area contributed by atoms with E-state index in [0.29, 0.717) is 35.4 Å². The Morgan fingerprint density at radius 1 is 1.09 bits per heavy atom. The highest BCUT2D eigenvalue weighted by atomic mass is 19.4. The van der Waals surface area contributed by atoms with E-state index in [1.54, 1.807) is 45.0 Å². The van der Waals surface area contributed by atoms with Crippen LogP contribution in [0.4, 0.5) is 19.0 Å². The van der Waals surface area contributed by atoms with Crippen molar-refractivity contribution in [1.29, 1.82) is 0 Å². The van der Waals surface area contributed by atoms with Crippen LogP contribution in [-0.2, 0) is 19.8 Å². The molecule has 1 aliphatic rings. The van der Waals surface area contributed by atoms with Crippen molar-refractivity contribution in [3.63, 3.8) is 0 Å². The highest BCUT2D eigenvalue weighted by Crippen LogP contribution is 2.42. The summed E-state index contributed by atoms with van der Waals surface area (Å²) >= 11 is 0. The quantitative estimate of drug-likeness (QED) is 0.404. The molecule has 11 heteroatoms. The molecule has 0 aliphatic heterocycles. The number of anilines is 1. The first-order valence-electron chi connectivity index (χ1n) is 11.0. The number of aryl methyl sites for hydroxylation is 1. The summed E-state index contributed by atoms with van der Waals surface area (Å²) in [5.41, 5.74) is 2.34. The highest BCUT2D eigenvalue weighted by molar-refractivity contribution is 5.63. The first-order chi connectivity index (χ1) is 16.8. The van der Waals surface area contributed by atoms with Gasteiger partial charge in [-0.25, -0.2) is 24.9 Å². The van der Waals surface area contributed by atoms with Crippen LogP contribution in [0.5, 0.6) is 5.75 Å². The van der Waals surface area contributed by atoms with Crippen LogP contribution in [0.3, 0.4) is 0 Å². The van der Waals surface area contributed by atoms with Gasteiger partial charge in [0.05, 0.1) is 24.6 Å². The Bertz CT molecular complexity index is 1350.